The maximum Gasteiger partial charge on any atom is 0.343 e. The fourth-order valence-electron chi connectivity index (χ4n) is 4.33. The molecule has 9 heteroatoms. The van der Waals surface area contributed by atoms with E-state index in [1.165, 1.54) is 13.8 Å². The van der Waals surface area contributed by atoms with Gasteiger partial charge in [0.15, 0.2) is 5.79 Å². The van der Waals surface area contributed by atoms with Crippen molar-refractivity contribution in [2.24, 2.45) is 0 Å². The van der Waals surface area contributed by atoms with Crippen LogP contribution < -0.4 is 0 Å². The van der Waals surface area contributed by atoms with Crippen molar-refractivity contribution in [3.63, 3.8) is 0 Å². The van der Waals surface area contributed by atoms with Gasteiger partial charge in [-0.3, -0.25) is 4.79 Å². The predicted molar refractivity (Wildman–Crippen MR) is 111 cm³/mol. The summed E-state index contributed by atoms with van der Waals surface area (Å²) in [7, 11) is 0. The summed E-state index contributed by atoms with van der Waals surface area (Å²) in [6.07, 6.45) is 1.23. The summed E-state index contributed by atoms with van der Waals surface area (Å²) in [5, 5.41) is 11.6. The Hall–Kier alpha value is -2.49. The molecule has 3 aliphatic heterocycles. The van der Waals surface area contributed by atoms with Gasteiger partial charge in [-0.25, -0.2) is 9.59 Å². The molecule has 0 aliphatic carbocycles. The van der Waals surface area contributed by atoms with E-state index in [2.05, 4.69) is 6.58 Å². The van der Waals surface area contributed by atoms with Crippen molar-refractivity contribution < 1.29 is 43.2 Å². The van der Waals surface area contributed by atoms with Crippen molar-refractivity contribution >= 4 is 17.9 Å². The molecular formula is C23H30O9. The topological polar surface area (TPSA) is 118 Å². The normalized spacial score (nSPS) is 35.6. The molecule has 3 aliphatic rings. The number of ether oxygens (including phenoxy) is 5. The highest BCUT2D eigenvalue weighted by atomic mass is 16.7. The summed E-state index contributed by atoms with van der Waals surface area (Å²) in [5.74, 6) is -3.23. The molecule has 4 atom stereocenters. The van der Waals surface area contributed by atoms with Crippen molar-refractivity contribution in [2.75, 3.05) is 13.2 Å². The maximum atomic E-state index is 12.7. The number of esters is 3. The van der Waals surface area contributed by atoms with Crippen LogP contribution in [0.2, 0.25) is 0 Å². The predicted octanol–water partition coefficient (Wildman–Crippen LogP) is 2.23. The summed E-state index contributed by atoms with van der Waals surface area (Å²) >= 11 is 0. The van der Waals surface area contributed by atoms with Gasteiger partial charge < -0.3 is 28.8 Å². The minimum Gasteiger partial charge on any atom is -0.461 e. The Labute approximate surface area is 187 Å². The Morgan fingerprint density at radius 3 is 2.56 bits per heavy atom. The van der Waals surface area contributed by atoms with Crippen LogP contribution in [0.1, 0.15) is 53.9 Å². The van der Waals surface area contributed by atoms with E-state index in [4.69, 9.17) is 23.7 Å². The van der Waals surface area contributed by atoms with Crippen molar-refractivity contribution in [3.05, 3.63) is 35.1 Å². The van der Waals surface area contributed by atoms with E-state index >= 15 is 0 Å². The second kappa shape index (κ2) is 8.46. The minimum atomic E-state index is -1.62. The Morgan fingerprint density at radius 1 is 1.28 bits per heavy atom. The smallest absolute Gasteiger partial charge is 0.343 e. The largest absolute Gasteiger partial charge is 0.461 e. The van der Waals surface area contributed by atoms with E-state index in [0.29, 0.717) is 12.8 Å². The van der Waals surface area contributed by atoms with Crippen molar-refractivity contribution in [3.8, 4) is 0 Å². The van der Waals surface area contributed by atoms with Crippen molar-refractivity contribution in [2.45, 2.75) is 77.0 Å². The number of hydrogen-bond donors (Lipinski definition) is 1. The molecule has 32 heavy (non-hydrogen) atoms. The van der Waals surface area contributed by atoms with Crippen LogP contribution in [-0.4, -0.2) is 59.3 Å². The molecule has 0 aromatic carbocycles. The Kier molecular flexibility index (Phi) is 6.38. The van der Waals surface area contributed by atoms with Gasteiger partial charge in [-0.2, -0.15) is 0 Å². The zero-order valence-electron chi connectivity index (χ0n) is 19.1. The maximum absolute atomic E-state index is 12.7. The molecule has 3 heterocycles. The first-order valence-electron chi connectivity index (χ1n) is 10.6. The summed E-state index contributed by atoms with van der Waals surface area (Å²) in [4.78, 5) is 36.5. The van der Waals surface area contributed by atoms with Gasteiger partial charge in [0.05, 0.1) is 11.2 Å². The van der Waals surface area contributed by atoms with Crippen LogP contribution in [0.15, 0.2) is 35.1 Å². The second-order valence-electron chi connectivity index (χ2n) is 8.82. The Balaban J connectivity index is 2.19. The van der Waals surface area contributed by atoms with Crippen LogP contribution in [0.5, 0.6) is 0 Å². The SMILES string of the molecule is C=C(C)C(=O)O[C@H]1C[C@@](C)(O)[C@]2(OCC)CC[C@](C)(/C=C3/OC(=O)C(COC(C)=O)=C31)O2. The summed E-state index contributed by atoms with van der Waals surface area (Å²) in [5.41, 5.74) is -2.13. The second-order valence-corrected chi connectivity index (χ2v) is 8.82. The number of hydrogen-bond acceptors (Lipinski definition) is 9. The highest BCUT2D eigenvalue weighted by molar-refractivity contribution is 5.96. The average molecular weight is 450 g/mol. The fraction of sp³-hybridized carbons (Fsp3) is 0.609. The molecular weight excluding hydrogens is 420 g/mol. The number of carbonyl (C=O) groups is 3. The molecule has 9 nitrogen and oxygen atoms in total. The number of fused-ring (bicyclic) bond motifs is 3. The number of rotatable bonds is 6. The lowest BCUT2D eigenvalue weighted by molar-refractivity contribution is -0.318. The van der Waals surface area contributed by atoms with Gasteiger partial charge in [0, 0.05) is 37.5 Å². The summed E-state index contributed by atoms with van der Waals surface area (Å²) < 4.78 is 28.4. The van der Waals surface area contributed by atoms with Crippen LogP contribution in [0.25, 0.3) is 0 Å². The first-order chi connectivity index (χ1) is 14.8. The van der Waals surface area contributed by atoms with E-state index in [9.17, 15) is 19.5 Å². The van der Waals surface area contributed by atoms with Gasteiger partial charge in [0.2, 0.25) is 0 Å². The molecule has 3 rings (SSSR count). The van der Waals surface area contributed by atoms with E-state index in [1.807, 2.05) is 0 Å². The molecule has 1 fully saturated rings. The lowest BCUT2D eigenvalue weighted by Crippen LogP contribution is -2.56. The summed E-state index contributed by atoms with van der Waals surface area (Å²) in [6, 6.07) is 0. The van der Waals surface area contributed by atoms with E-state index in [0.717, 1.165) is 0 Å². The van der Waals surface area contributed by atoms with Crippen molar-refractivity contribution in [1.29, 1.82) is 0 Å². The summed E-state index contributed by atoms with van der Waals surface area (Å²) in [6.45, 7) is 11.4. The molecule has 2 bridgehead atoms. The Bertz CT molecular complexity index is 912. The Morgan fingerprint density at radius 2 is 1.97 bits per heavy atom. The van der Waals surface area contributed by atoms with Crippen LogP contribution in [-0.2, 0) is 38.1 Å². The molecule has 176 valence electrons. The molecule has 0 amide bonds. The standard InChI is InChI=1S/C23H30O9/c1-7-29-23-9-8-21(5,32-23)10-16-18(15(20(26)31-16)12-28-14(4)24)17(11-22(23,6)27)30-19(25)13(2)3/h10,17,27H,2,7-9,11-12H2,1,3-6H3/b16-10+/t17-,21+,22+,23-/m0/s1. The van der Waals surface area contributed by atoms with Crippen LogP contribution in [0, 0.1) is 0 Å². The average Bonchev–Trinajstić information content (AvgIpc) is 3.17. The lowest BCUT2D eigenvalue weighted by Gasteiger charge is -2.43. The van der Waals surface area contributed by atoms with Gasteiger partial charge in [0.25, 0.3) is 0 Å². The fourth-order valence-corrected chi connectivity index (χ4v) is 4.33. The molecule has 0 aromatic heterocycles. The third-order valence-corrected chi connectivity index (χ3v) is 5.95. The molecule has 0 radical (unpaired) electrons. The molecule has 1 N–H and O–H groups in total. The van der Waals surface area contributed by atoms with Crippen LogP contribution >= 0.6 is 0 Å². The van der Waals surface area contributed by atoms with Crippen molar-refractivity contribution in [1.82, 2.24) is 0 Å². The molecule has 0 aromatic rings. The zero-order valence-corrected chi connectivity index (χ0v) is 19.1. The van der Waals surface area contributed by atoms with Gasteiger partial charge in [0.1, 0.15) is 24.1 Å². The molecule has 0 saturated carbocycles. The van der Waals surface area contributed by atoms with E-state index in [-0.39, 0.29) is 42.1 Å². The quantitative estimate of drug-likeness (QED) is 0.369. The lowest BCUT2D eigenvalue weighted by atomic mass is 9.82. The third-order valence-electron chi connectivity index (χ3n) is 5.95. The first-order valence-corrected chi connectivity index (χ1v) is 10.6. The van der Waals surface area contributed by atoms with E-state index < -0.39 is 41.0 Å². The van der Waals surface area contributed by atoms with Crippen LogP contribution in [0.3, 0.4) is 0 Å². The molecule has 1 saturated heterocycles. The van der Waals surface area contributed by atoms with Crippen LogP contribution in [0.4, 0.5) is 0 Å². The van der Waals surface area contributed by atoms with Gasteiger partial charge >= 0.3 is 17.9 Å². The third kappa shape index (κ3) is 4.37. The first kappa shape index (κ1) is 24.2. The molecule has 0 spiro atoms. The van der Waals surface area contributed by atoms with E-state index in [1.54, 1.807) is 26.8 Å². The van der Waals surface area contributed by atoms with Gasteiger partial charge in [-0.15, -0.1) is 0 Å². The highest BCUT2D eigenvalue weighted by Crippen LogP contribution is 2.51. The number of aliphatic hydroxyl groups is 1. The monoisotopic (exact) mass is 450 g/mol. The van der Waals surface area contributed by atoms with Gasteiger partial charge in [-0.05, 0) is 40.2 Å². The molecule has 0 unspecified atom stereocenters. The minimum absolute atomic E-state index is 0.0357. The highest BCUT2D eigenvalue weighted by Gasteiger charge is 2.60. The van der Waals surface area contributed by atoms with Gasteiger partial charge in [-0.1, -0.05) is 6.58 Å². The number of carbonyl (C=O) groups excluding carboxylic acids is 3. The zero-order chi connectivity index (χ0) is 23.9.